The van der Waals surface area contributed by atoms with Crippen molar-refractivity contribution in [1.29, 1.82) is 0 Å². The summed E-state index contributed by atoms with van der Waals surface area (Å²) in [5.41, 5.74) is 1.39. The molecule has 1 aromatic carbocycles. The highest BCUT2D eigenvalue weighted by Gasteiger charge is 2.24. The topological polar surface area (TPSA) is 136 Å². The molecule has 0 aliphatic rings. The molecular formula is C17H19N4O5-. The van der Waals surface area contributed by atoms with Crippen molar-refractivity contribution in [3.8, 4) is 0 Å². The Bertz CT molecular complexity index is 733. The molecule has 9 nitrogen and oxygen atoms in total. The van der Waals surface area contributed by atoms with Gasteiger partial charge < -0.3 is 30.3 Å². The first-order chi connectivity index (χ1) is 12.5. The average Bonchev–Trinajstić information content (AvgIpc) is 3.13. The Balaban J connectivity index is 1.97. The summed E-state index contributed by atoms with van der Waals surface area (Å²) in [5, 5.41) is 15.5. The predicted molar refractivity (Wildman–Crippen MR) is 88.5 cm³/mol. The minimum absolute atomic E-state index is 0.0422. The number of amides is 2. The SMILES string of the molecule is C[C@H](NC(=O)[C@H](Cc1cnc[nH]1)NC(=O)OCc1ccccc1)C(=O)[O-]. The monoisotopic (exact) mass is 359 g/mol. The summed E-state index contributed by atoms with van der Waals surface area (Å²) in [4.78, 5) is 41.8. The Labute approximate surface area is 149 Å². The smallest absolute Gasteiger partial charge is 0.408 e. The van der Waals surface area contributed by atoms with E-state index in [4.69, 9.17) is 4.74 Å². The number of H-pyrrole nitrogens is 1. The third-order valence-electron chi connectivity index (χ3n) is 3.51. The molecule has 26 heavy (non-hydrogen) atoms. The van der Waals surface area contributed by atoms with Gasteiger partial charge in [0, 0.05) is 18.3 Å². The molecule has 0 spiro atoms. The van der Waals surface area contributed by atoms with Gasteiger partial charge in [-0.2, -0.15) is 0 Å². The molecule has 0 saturated heterocycles. The van der Waals surface area contributed by atoms with E-state index in [2.05, 4.69) is 20.6 Å². The second kappa shape index (κ2) is 9.21. The molecule has 9 heteroatoms. The number of alkyl carbamates (subject to hydrolysis) is 1. The van der Waals surface area contributed by atoms with Gasteiger partial charge >= 0.3 is 6.09 Å². The van der Waals surface area contributed by atoms with Gasteiger partial charge in [-0.25, -0.2) is 9.78 Å². The number of aliphatic carboxylic acids is 1. The zero-order valence-electron chi connectivity index (χ0n) is 14.1. The molecule has 3 N–H and O–H groups in total. The lowest BCUT2D eigenvalue weighted by atomic mass is 10.1. The maximum Gasteiger partial charge on any atom is 0.408 e. The molecule has 0 radical (unpaired) electrons. The normalized spacial score (nSPS) is 12.7. The van der Waals surface area contributed by atoms with Crippen LogP contribution in [0.4, 0.5) is 4.79 Å². The molecule has 0 unspecified atom stereocenters. The number of nitrogens with one attached hydrogen (secondary N) is 3. The van der Waals surface area contributed by atoms with E-state index in [1.165, 1.54) is 19.4 Å². The van der Waals surface area contributed by atoms with Crippen LogP contribution in [0.15, 0.2) is 42.9 Å². The molecule has 2 atom stereocenters. The Hall–Kier alpha value is -3.36. The van der Waals surface area contributed by atoms with Gasteiger partial charge in [-0.05, 0) is 12.5 Å². The number of benzene rings is 1. The van der Waals surface area contributed by atoms with Crippen LogP contribution in [-0.4, -0.2) is 40.0 Å². The number of ether oxygens (including phenoxy) is 1. The first-order valence-corrected chi connectivity index (χ1v) is 7.91. The van der Waals surface area contributed by atoms with Crippen LogP contribution in [0.5, 0.6) is 0 Å². The molecule has 138 valence electrons. The van der Waals surface area contributed by atoms with Crippen LogP contribution in [0.2, 0.25) is 0 Å². The number of carbonyl (C=O) groups is 3. The van der Waals surface area contributed by atoms with E-state index in [1.807, 2.05) is 18.2 Å². The van der Waals surface area contributed by atoms with Crippen molar-refractivity contribution >= 4 is 18.0 Å². The van der Waals surface area contributed by atoms with Crippen LogP contribution in [0.25, 0.3) is 0 Å². The van der Waals surface area contributed by atoms with Gasteiger partial charge in [0.2, 0.25) is 5.91 Å². The predicted octanol–water partition coefficient (Wildman–Crippen LogP) is -0.498. The highest BCUT2D eigenvalue weighted by molar-refractivity contribution is 5.88. The Kier molecular flexibility index (Phi) is 6.72. The van der Waals surface area contributed by atoms with Gasteiger partial charge in [0.15, 0.2) is 0 Å². The third-order valence-corrected chi connectivity index (χ3v) is 3.51. The van der Waals surface area contributed by atoms with Crippen molar-refractivity contribution in [3.63, 3.8) is 0 Å². The Morgan fingerprint density at radius 3 is 2.58 bits per heavy atom. The van der Waals surface area contributed by atoms with Gasteiger partial charge in [0.05, 0.1) is 18.3 Å². The molecule has 0 saturated carbocycles. The van der Waals surface area contributed by atoms with Gasteiger partial charge in [-0.15, -0.1) is 0 Å². The number of rotatable bonds is 8. The zero-order valence-corrected chi connectivity index (χ0v) is 14.1. The lowest BCUT2D eigenvalue weighted by Crippen LogP contribution is -2.54. The molecule has 1 heterocycles. The molecule has 0 bridgehead atoms. The number of carbonyl (C=O) groups excluding carboxylic acids is 3. The molecule has 0 aliphatic carbocycles. The minimum atomic E-state index is -1.43. The van der Waals surface area contributed by atoms with Crippen molar-refractivity contribution in [2.45, 2.75) is 32.0 Å². The molecule has 2 amide bonds. The van der Waals surface area contributed by atoms with E-state index in [0.717, 1.165) is 5.56 Å². The second-order valence-electron chi connectivity index (χ2n) is 5.59. The summed E-state index contributed by atoms with van der Waals surface area (Å²) in [6.07, 6.45) is 2.22. The van der Waals surface area contributed by atoms with Crippen LogP contribution >= 0.6 is 0 Å². The number of nitrogens with zero attached hydrogens (tertiary/aromatic N) is 1. The summed E-state index contributed by atoms with van der Waals surface area (Å²) in [6, 6.07) is 6.81. The molecule has 0 fully saturated rings. The van der Waals surface area contributed by atoms with Crippen LogP contribution in [0.3, 0.4) is 0 Å². The fraction of sp³-hybridized carbons (Fsp3) is 0.294. The molecule has 2 aromatic rings. The van der Waals surface area contributed by atoms with Gasteiger partial charge in [-0.3, -0.25) is 4.79 Å². The fourth-order valence-corrected chi connectivity index (χ4v) is 2.11. The van der Waals surface area contributed by atoms with Crippen LogP contribution in [0, 0.1) is 0 Å². The largest absolute Gasteiger partial charge is 0.548 e. The lowest BCUT2D eigenvalue weighted by Gasteiger charge is -2.21. The van der Waals surface area contributed by atoms with Gasteiger partial charge in [-0.1, -0.05) is 30.3 Å². The maximum absolute atomic E-state index is 12.3. The lowest BCUT2D eigenvalue weighted by molar-refractivity contribution is -0.307. The standard InChI is InChI=1S/C17H20N4O5/c1-11(16(23)24)20-15(22)14(7-13-8-18-10-19-13)21-17(25)26-9-12-5-3-2-4-6-12/h2-6,8,10-11,14H,7,9H2,1H3,(H,18,19)(H,20,22)(H,21,25)(H,23,24)/p-1/t11-,14-/m0/s1. The first-order valence-electron chi connectivity index (χ1n) is 7.91. The van der Waals surface area contributed by atoms with Crippen molar-refractivity contribution in [1.82, 2.24) is 20.6 Å². The van der Waals surface area contributed by atoms with Crippen molar-refractivity contribution in [2.24, 2.45) is 0 Å². The minimum Gasteiger partial charge on any atom is -0.548 e. The van der Waals surface area contributed by atoms with Crippen LogP contribution < -0.4 is 15.7 Å². The summed E-state index contributed by atoms with van der Waals surface area (Å²) in [5.74, 6) is -2.10. The number of hydrogen-bond donors (Lipinski definition) is 3. The Morgan fingerprint density at radius 2 is 1.96 bits per heavy atom. The number of aromatic nitrogens is 2. The summed E-state index contributed by atoms with van der Waals surface area (Å²) in [7, 11) is 0. The van der Waals surface area contributed by atoms with Crippen LogP contribution in [0.1, 0.15) is 18.2 Å². The number of hydrogen-bond acceptors (Lipinski definition) is 6. The Morgan fingerprint density at radius 1 is 1.23 bits per heavy atom. The van der Waals surface area contributed by atoms with Crippen molar-refractivity contribution < 1.29 is 24.2 Å². The van der Waals surface area contributed by atoms with Crippen molar-refractivity contribution in [2.75, 3.05) is 0 Å². The van der Waals surface area contributed by atoms with E-state index in [0.29, 0.717) is 5.69 Å². The number of carboxylic acids is 1. The summed E-state index contributed by atoms with van der Waals surface area (Å²) < 4.78 is 5.10. The molecule has 2 rings (SSSR count). The van der Waals surface area contributed by atoms with E-state index < -0.39 is 30.1 Å². The molecule has 0 aliphatic heterocycles. The molecule has 1 aromatic heterocycles. The second-order valence-corrected chi connectivity index (χ2v) is 5.59. The highest BCUT2D eigenvalue weighted by atomic mass is 16.5. The quantitative estimate of drug-likeness (QED) is 0.581. The number of aromatic amines is 1. The van der Waals surface area contributed by atoms with E-state index in [-0.39, 0.29) is 13.0 Å². The average molecular weight is 359 g/mol. The summed E-state index contributed by atoms with van der Waals surface area (Å²) in [6.45, 7) is 1.31. The molecular weight excluding hydrogens is 340 g/mol. The number of imidazole rings is 1. The number of carboxylic acid groups (broad SMARTS) is 1. The fourth-order valence-electron chi connectivity index (χ4n) is 2.11. The third kappa shape index (κ3) is 5.93. The van der Waals surface area contributed by atoms with Crippen LogP contribution in [-0.2, 0) is 27.4 Å². The van der Waals surface area contributed by atoms with Crippen molar-refractivity contribution in [3.05, 3.63) is 54.1 Å². The first kappa shape index (κ1) is 19.0. The maximum atomic E-state index is 12.3. The van der Waals surface area contributed by atoms with E-state index >= 15 is 0 Å². The van der Waals surface area contributed by atoms with Gasteiger partial charge in [0.1, 0.15) is 12.6 Å². The summed E-state index contributed by atoms with van der Waals surface area (Å²) >= 11 is 0. The zero-order chi connectivity index (χ0) is 18.9. The van der Waals surface area contributed by atoms with E-state index in [9.17, 15) is 19.5 Å². The van der Waals surface area contributed by atoms with E-state index in [1.54, 1.807) is 12.1 Å². The van der Waals surface area contributed by atoms with Gasteiger partial charge in [0.25, 0.3) is 0 Å². The highest BCUT2D eigenvalue weighted by Crippen LogP contribution is 2.03.